The summed E-state index contributed by atoms with van der Waals surface area (Å²) < 4.78 is 9.03. The molecule has 0 fully saturated rings. The van der Waals surface area contributed by atoms with Crippen LogP contribution in [0.4, 0.5) is 17.1 Å². The minimum absolute atomic E-state index is 0. The van der Waals surface area contributed by atoms with Crippen LogP contribution in [0.2, 0.25) is 0 Å². The quantitative estimate of drug-likeness (QED) is 0.166. The molecule has 1 aliphatic rings. The largest absolute Gasteiger partial charge is 2.00 e. The molecule has 0 bridgehead atoms. The van der Waals surface area contributed by atoms with Crippen molar-refractivity contribution in [3.63, 3.8) is 0 Å². The van der Waals surface area contributed by atoms with Gasteiger partial charge in [0.15, 0.2) is 0 Å². The third kappa shape index (κ3) is 6.03. The van der Waals surface area contributed by atoms with E-state index >= 15 is 0 Å². The standard InChI is InChI=1S/C42H44N4O.Pt/c1-40(2,3)28-21-22-43-39(23-28)46-34-18-11-10-17-31(34)32-25-33(41(4,5)6)38(26-37(32)46)47-30-16-14-15-29(24-30)44-27-45(42(7,8)9)36-20-13-12-19-35(36)44;/h10-23,25H,27H2,1-9H3;/q-2;+2. The van der Waals surface area contributed by atoms with Gasteiger partial charge in [0.2, 0.25) is 0 Å². The summed E-state index contributed by atoms with van der Waals surface area (Å²) in [5, 5.41) is 2.30. The Morgan fingerprint density at radius 3 is 2.12 bits per heavy atom. The van der Waals surface area contributed by atoms with E-state index in [1.807, 2.05) is 12.3 Å². The monoisotopic (exact) mass is 815 g/mol. The molecular formula is C42H44N4OPt. The first-order valence-corrected chi connectivity index (χ1v) is 16.5. The van der Waals surface area contributed by atoms with Gasteiger partial charge in [-0.05, 0) is 67.5 Å². The first kappa shape index (κ1) is 33.8. The van der Waals surface area contributed by atoms with Gasteiger partial charge >= 0.3 is 21.1 Å². The van der Waals surface area contributed by atoms with E-state index in [2.05, 4.69) is 168 Å². The number of para-hydroxylation sites is 3. The Labute approximate surface area is 299 Å². The second-order valence-corrected chi connectivity index (χ2v) is 15.7. The molecule has 0 aliphatic carbocycles. The fraction of sp³-hybridized carbons (Fsp3) is 0.310. The number of hydrogen-bond acceptors (Lipinski definition) is 4. The van der Waals surface area contributed by atoms with Gasteiger partial charge in [0.05, 0.1) is 18.0 Å². The van der Waals surface area contributed by atoms with Gasteiger partial charge in [0.25, 0.3) is 0 Å². The van der Waals surface area contributed by atoms with E-state index < -0.39 is 0 Å². The van der Waals surface area contributed by atoms with Crippen molar-refractivity contribution < 1.29 is 25.8 Å². The predicted molar refractivity (Wildman–Crippen MR) is 196 cm³/mol. The minimum Gasteiger partial charge on any atom is -0.509 e. The molecule has 248 valence electrons. The molecular weight excluding hydrogens is 772 g/mol. The summed E-state index contributed by atoms with van der Waals surface area (Å²) in [7, 11) is 0. The fourth-order valence-electron chi connectivity index (χ4n) is 6.56. The summed E-state index contributed by atoms with van der Waals surface area (Å²) in [6, 6.07) is 37.2. The van der Waals surface area contributed by atoms with Gasteiger partial charge in [-0.1, -0.05) is 88.5 Å². The van der Waals surface area contributed by atoms with Crippen molar-refractivity contribution in [2.24, 2.45) is 0 Å². The van der Waals surface area contributed by atoms with Crippen molar-refractivity contribution >= 4 is 38.9 Å². The Morgan fingerprint density at radius 1 is 0.708 bits per heavy atom. The molecule has 6 heteroatoms. The second-order valence-electron chi connectivity index (χ2n) is 15.7. The molecule has 4 aromatic carbocycles. The number of ether oxygens (including phenoxy) is 1. The molecule has 7 rings (SSSR count). The summed E-state index contributed by atoms with van der Waals surface area (Å²) in [5.41, 5.74) is 7.52. The molecule has 0 amide bonds. The number of rotatable bonds is 4. The van der Waals surface area contributed by atoms with E-state index in [0.717, 1.165) is 40.2 Å². The Bertz CT molecular complexity index is 2130. The van der Waals surface area contributed by atoms with Crippen LogP contribution in [0.15, 0.2) is 91.1 Å². The second kappa shape index (κ2) is 12.1. The number of benzene rings is 4. The molecule has 0 spiro atoms. The maximum atomic E-state index is 6.81. The zero-order chi connectivity index (χ0) is 33.3. The summed E-state index contributed by atoms with van der Waals surface area (Å²) in [5.74, 6) is 2.23. The van der Waals surface area contributed by atoms with Crippen LogP contribution in [0.3, 0.4) is 0 Å². The van der Waals surface area contributed by atoms with Crippen LogP contribution in [0.25, 0.3) is 27.6 Å². The third-order valence-electron chi connectivity index (χ3n) is 9.14. The van der Waals surface area contributed by atoms with Crippen LogP contribution >= 0.6 is 0 Å². The Kier molecular flexibility index (Phi) is 8.53. The normalized spacial score (nSPS) is 13.6. The molecule has 0 saturated carbocycles. The van der Waals surface area contributed by atoms with Crippen LogP contribution in [0.1, 0.15) is 73.4 Å². The molecule has 6 aromatic rings. The molecule has 2 aromatic heterocycles. The van der Waals surface area contributed by atoms with E-state index in [-0.39, 0.29) is 37.4 Å². The third-order valence-corrected chi connectivity index (χ3v) is 9.14. The Morgan fingerprint density at radius 2 is 1.42 bits per heavy atom. The zero-order valence-corrected chi connectivity index (χ0v) is 31.7. The van der Waals surface area contributed by atoms with Crippen LogP contribution in [0, 0.1) is 12.1 Å². The molecule has 3 heterocycles. The summed E-state index contributed by atoms with van der Waals surface area (Å²) in [6.45, 7) is 20.9. The number of pyridine rings is 1. The average molecular weight is 816 g/mol. The van der Waals surface area contributed by atoms with Gasteiger partial charge in [-0.2, -0.15) is 12.1 Å². The Hall–Kier alpha value is -4.08. The zero-order valence-electron chi connectivity index (χ0n) is 29.4. The van der Waals surface area contributed by atoms with E-state index in [0.29, 0.717) is 11.5 Å². The Balaban J connectivity index is 0.00000401. The van der Waals surface area contributed by atoms with Crippen molar-refractivity contribution in [1.29, 1.82) is 0 Å². The van der Waals surface area contributed by atoms with Crippen molar-refractivity contribution in [3.8, 4) is 17.3 Å². The van der Waals surface area contributed by atoms with Crippen LogP contribution in [-0.2, 0) is 31.9 Å². The molecule has 0 saturated heterocycles. The first-order chi connectivity index (χ1) is 22.2. The smallest absolute Gasteiger partial charge is 0.509 e. The van der Waals surface area contributed by atoms with Crippen molar-refractivity contribution in [1.82, 2.24) is 9.55 Å². The molecule has 0 atom stereocenters. The fourth-order valence-corrected chi connectivity index (χ4v) is 6.56. The summed E-state index contributed by atoms with van der Waals surface area (Å²) >= 11 is 0. The van der Waals surface area contributed by atoms with Gasteiger partial charge in [-0.15, -0.1) is 35.2 Å². The molecule has 0 unspecified atom stereocenters. The van der Waals surface area contributed by atoms with Gasteiger partial charge < -0.3 is 19.1 Å². The number of aromatic nitrogens is 2. The molecule has 5 nitrogen and oxygen atoms in total. The van der Waals surface area contributed by atoms with Crippen LogP contribution in [-0.4, -0.2) is 21.8 Å². The maximum absolute atomic E-state index is 6.81. The number of nitrogens with zero attached hydrogens (tertiary/aromatic N) is 4. The number of fused-ring (bicyclic) bond motifs is 4. The number of anilines is 3. The van der Waals surface area contributed by atoms with E-state index in [1.165, 1.54) is 22.3 Å². The molecule has 1 aliphatic heterocycles. The van der Waals surface area contributed by atoms with Crippen molar-refractivity contribution in [3.05, 3.63) is 114 Å². The topological polar surface area (TPSA) is 33.5 Å². The molecule has 0 radical (unpaired) electrons. The summed E-state index contributed by atoms with van der Waals surface area (Å²) in [6.07, 6.45) is 1.91. The van der Waals surface area contributed by atoms with E-state index in [4.69, 9.17) is 9.72 Å². The first-order valence-electron chi connectivity index (χ1n) is 16.5. The predicted octanol–water partition coefficient (Wildman–Crippen LogP) is 10.9. The maximum Gasteiger partial charge on any atom is 2.00 e. The molecule has 48 heavy (non-hydrogen) atoms. The van der Waals surface area contributed by atoms with E-state index in [1.54, 1.807) is 0 Å². The average Bonchev–Trinajstić information content (AvgIpc) is 3.56. The van der Waals surface area contributed by atoms with Crippen LogP contribution in [0.5, 0.6) is 11.5 Å². The van der Waals surface area contributed by atoms with Crippen molar-refractivity contribution in [2.75, 3.05) is 16.5 Å². The summed E-state index contributed by atoms with van der Waals surface area (Å²) in [4.78, 5) is 9.62. The SMILES string of the molecule is CC(C)(C)c1ccnc(-n2c3[c-]c(Oc4[c-]c(N5CN(C(C)(C)C)c6ccccc65)ccc4)c(C(C)(C)C)cc3c3ccccc32)c1.[Pt+2]. The van der Waals surface area contributed by atoms with Gasteiger partial charge in [0.1, 0.15) is 5.82 Å². The van der Waals surface area contributed by atoms with Gasteiger partial charge in [-0.25, -0.2) is 4.98 Å². The molecule has 0 N–H and O–H groups in total. The van der Waals surface area contributed by atoms with Crippen LogP contribution < -0.4 is 14.5 Å². The van der Waals surface area contributed by atoms with Crippen molar-refractivity contribution in [2.45, 2.75) is 78.7 Å². The van der Waals surface area contributed by atoms with Gasteiger partial charge in [0, 0.05) is 28.8 Å². The number of hydrogen-bond donors (Lipinski definition) is 0. The van der Waals surface area contributed by atoms with Gasteiger partial charge in [-0.3, -0.25) is 0 Å². The minimum atomic E-state index is -0.188. The van der Waals surface area contributed by atoms with E-state index in [9.17, 15) is 0 Å².